The van der Waals surface area contributed by atoms with Crippen LogP contribution in [0.1, 0.15) is 38.3 Å². The highest BCUT2D eigenvalue weighted by Gasteiger charge is 2.31. The van der Waals surface area contributed by atoms with E-state index in [9.17, 15) is 23.6 Å². The second-order valence-electron chi connectivity index (χ2n) is 10.8. The molecule has 0 aliphatic carbocycles. The van der Waals surface area contributed by atoms with Crippen molar-refractivity contribution in [3.8, 4) is 6.07 Å². The maximum absolute atomic E-state index is 15.3. The van der Waals surface area contributed by atoms with Gasteiger partial charge in [-0.3, -0.25) is 18.7 Å². The highest BCUT2D eigenvalue weighted by atomic mass is 35.5. The van der Waals surface area contributed by atoms with Crippen LogP contribution >= 0.6 is 11.6 Å². The zero-order chi connectivity index (χ0) is 31.7. The fraction of sp³-hybridized carbons (Fsp3) is 0.414. The number of fused-ring (bicyclic) bond motifs is 1. The number of carbonyl (C=O) groups excluding carboxylic acids is 2. The van der Waals surface area contributed by atoms with E-state index in [1.807, 2.05) is 0 Å². The number of urea groups is 1. The Balaban J connectivity index is 1.37. The number of amides is 3. The van der Waals surface area contributed by atoms with E-state index in [1.54, 1.807) is 19.9 Å². The van der Waals surface area contributed by atoms with Gasteiger partial charge < -0.3 is 25.0 Å². The van der Waals surface area contributed by atoms with Crippen molar-refractivity contribution in [2.75, 3.05) is 36.9 Å². The largest absolute Gasteiger partial charge is 0.376 e. The lowest BCUT2D eigenvalue weighted by atomic mass is 10.1. The lowest BCUT2D eigenvalue weighted by molar-refractivity contribution is -0.131. The van der Waals surface area contributed by atoms with Crippen molar-refractivity contribution in [3.63, 3.8) is 0 Å². The molecule has 3 aromatic rings. The first-order valence-corrected chi connectivity index (χ1v) is 14.3. The van der Waals surface area contributed by atoms with Crippen LogP contribution in [0.5, 0.6) is 0 Å². The standard InChI is InChI=1S/C29H29ClF2N6O6/c1-15(2)38-24-11-21(32)22(9-18(24)27(40)37(29(38)42)13-17-4-3-6-43-17)35-28(41)36-5-7-44-25(14-36)26(39)34-23-10-19(30)16(12-33)8-20(23)31/h8-11,15,17,25H,3-7,13-14H2,1-2H3,(H,34,39)(H,35,41)/t17-,25-/m1/s1. The highest BCUT2D eigenvalue weighted by molar-refractivity contribution is 6.32. The van der Waals surface area contributed by atoms with Crippen molar-refractivity contribution in [2.45, 2.75) is 51.5 Å². The minimum absolute atomic E-state index is 0.0373. The van der Waals surface area contributed by atoms with E-state index in [1.165, 1.54) is 15.5 Å². The Morgan fingerprint density at radius 1 is 1.09 bits per heavy atom. The molecule has 232 valence electrons. The molecule has 2 fully saturated rings. The zero-order valence-electron chi connectivity index (χ0n) is 23.9. The summed E-state index contributed by atoms with van der Waals surface area (Å²) in [6.07, 6.45) is 0.0212. The molecule has 0 radical (unpaired) electrons. The van der Waals surface area contributed by atoms with Gasteiger partial charge in [0.25, 0.3) is 11.5 Å². The minimum Gasteiger partial charge on any atom is -0.376 e. The van der Waals surface area contributed by atoms with Gasteiger partial charge in [-0.05, 0) is 44.9 Å². The van der Waals surface area contributed by atoms with Gasteiger partial charge >= 0.3 is 11.7 Å². The Hall–Kier alpha value is -4.32. The van der Waals surface area contributed by atoms with Crippen molar-refractivity contribution in [3.05, 3.63) is 67.3 Å². The average molecular weight is 631 g/mol. The Bertz CT molecular complexity index is 1800. The molecule has 2 saturated heterocycles. The molecule has 44 heavy (non-hydrogen) atoms. The molecular formula is C29H29ClF2N6O6. The van der Waals surface area contributed by atoms with Crippen molar-refractivity contribution in [1.29, 1.82) is 5.26 Å². The maximum Gasteiger partial charge on any atom is 0.331 e. The molecule has 12 nitrogen and oxygen atoms in total. The quantitative estimate of drug-likeness (QED) is 0.423. The molecule has 15 heteroatoms. The molecular weight excluding hydrogens is 602 g/mol. The number of hydrogen-bond donors (Lipinski definition) is 2. The molecule has 2 aliphatic rings. The maximum atomic E-state index is 15.3. The predicted octanol–water partition coefficient (Wildman–Crippen LogP) is 3.60. The SMILES string of the molecule is CC(C)n1c(=O)n(C[C@H]2CCCO2)c(=O)c2cc(NC(=O)N3CCO[C@@H](C(=O)Nc4cc(Cl)c(C#N)cc4F)C3)c(F)cc21. The van der Waals surface area contributed by atoms with Gasteiger partial charge in [0.2, 0.25) is 0 Å². The summed E-state index contributed by atoms with van der Waals surface area (Å²) in [5.41, 5.74) is -1.79. The number of morpholine rings is 1. The summed E-state index contributed by atoms with van der Waals surface area (Å²) >= 11 is 5.94. The van der Waals surface area contributed by atoms with Crippen molar-refractivity contribution < 1.29 is 27.8 Å². The van der Waals surface area contributed by atoms with E-state index in [0.29, 0.717) is 13.0 Å². The van der Waals surface area contributed by atoms with Gasteiger partial charge in [0, 0.05) is 25.3 Å². The Morgan fingerprint density at radius 3 is 2.50 bits per heavy atom. The molecule has 0 spiro atoms. The highest BCUT2D eigenvalue weighted by Crippen LogP contribution is 2.26. The zero-order valence-corrected chi connectivity index (χ0v) is 24.6. The normalized spacial score (nSPS) is 18.4. The lowest BCUT2D eigenvalue weighted by Gasteiger charge is -2.32. The van der Waals surface area contributed by atoms with Gasteiger partial charge in [-0.1, -0.05) is 11.6 Å². The summed E-state index contributed by atoms with van der Waals surface area (Å²) < 4.78 is 43.2. The smallest absolute Gasteiger partial charge is 0.331 e. The van der Waals surface area contributed by atoms with Gasteiger partial charge in [-0.15, -0.1) is 0 Å². The van der Waals surface area contributed by atoms with Crippen LogP contribution in [0.25, 0.3) is 10.9 Å². The Labute approximate surface area is 254 Å². The number of carbonyl (C=O) groups is 2. The number of benzene rings is 2. The first-order chi connectivity index (χ1) is 21.0. The van der Waals surface area contributed by atoms with Crippen LogP contribution in [-0.4, -0.2) is 64.5 Å². The van der Waals surface area contributed by atoms with E-state index in [0.717, 1.165) is 29.2 Å². The van der Waals surface area contributed by atoms with Crippen LogP contribution in [0, 0.1) is 23.0 Å². The molecule has 0 unspecified atom stereocenters. The van der Waals surface area contributed by atoms with Crippen LogP contribution in [-0.2, 0) is 20.8 Å². The molecule has 3 amide bonds. The third kappa shape index (κ3) is 6.17. The number of halogens is 3. The van der Waals surface area contributed by atoms with E-state index in [4.69, 9.17) is 26.3 Å². The van der Waals surface area contributed by atoms with Gasteiger partial charge in [-0.2, -0.15) is 5.26 Å². The molecule has 3 heterocycles. The van der Waals surface area contributed by atoms with Crippen LogP contribution < -0.4 is 21.9 Å². The second-order valence-corrected chi connectivity index (χ2v) is 11.2. The summed E-state index contributed by atoms with van der Waals surface area (Å²) in [5.74, 6) is -2.52. The van der Waals surface area contributed by atoms with Crippen LogP contribution in [0.3, 0.4) is 0 Å². The summed E-state index contributed by atoms with van der Waals surface area (Å²) in [7, 11) is 0. The van der Waals surface area contributed by atoms with Gasteiger partial charge in [0.05, 0.1) is 58.7 Å². The molecule has 2 aromatic carbocycles. The first kappa shape index (κ1) is 31.1. The van der Waals surface area contributed by atoms with Crippen molar-refractivity contribution >= 4 is 45.8 Å². The van der Waals surface area contributed by atoms with Crippen LogP contribution in [0.2, 0.25) is 5.02 Å². The first-order valence-electron chi connectivity index (χ1n) is 14.0. The molecule has 0 saturated carbocycles. The lowest BCUT2D eigenvalue weighted by Crippen LogP contribution is -2.51. The molecule has 0 bridgehead atoms. The monoisotopic (exact) mass is 630 g/mol. The van der Waals surface area contributed by atoms with E-state index in [2.05, 4.69) is 10.6 Å². The molecule has 2 atom stereocenters. The average Bonchev–Trinajstić information content (AvgIpc) is 3.51. The van der Waals surface area contributed by atoms with Crippen LogP contribution in [0.15, 0.2) is 33.9 Å². The summed E-state index contributed by atoms with van der Waals surface area (Å²) in [6.45, 7) is 3.83. The third-order valence-electron chi connectivity index (χ3n) is 7.51. The fourth-order valence-electron chi connectivity index (χ4n) is 5.27. The molecule has 2 N–H and O–H groups in total. The minimum atomic E-state index is -1.20. The number of nitrogens with one attached hydrogen (secondary N) is 2. The summed E-state index contributed by atoms with van der Waals surface area (Å²) in [6, 6.07) is 4.78. The Morgan fingerprint density at radius 2 is 1.82 bits per heavy atom. The number of hydrogen-bond acceptors (Lipinski definition) is 7. The number of nitriles is 1. The number of anilines is 2. The van der Waals surface area contributed by atoms with Gasteiger partial charge in [0.1, 0.15) is 17.7 Å². The number of ether oxygens (including phenoxy) is 2. The third-order valence-corrected chi connectivity index (χ3v) is 7.82. The molecule has 2 aliphatic heterocycles. The van der Waals surface area contributed by atoms with E-state index in [-0.39, 0.29) is 65.2 Å². The van der Waals surface area contributed by atoms with E-state index >= 15 is 4.39 Å². The van der Waals surface area contributed by atoms with Gasteiger partial charge in [0.15, 0.2) is 6.10 Å². The second kappa shape index (κ2) is 12.7. The van der Waals surface area contributed by atoms with Crippen LogP contribution in [0.4, 0.5) is 25.0 Å². The number of rotatable bonds is 6. The Kier molecular flexibility index (Phi) is 9.00. The van der Waals surface area contributed by atoms with E-state index < -0.39 is 47.0 Å². The summed E-state index contributed by atoms with van der Waals surface area (Å²) in [5, 5.41) is 13.8. The number of aromatic nitrogens is 2. The predicted molar refractivity (Wildman–Crippen MR) is 157 cm³/mol. The topological polar surface area (TPSA) is 148 Å². The summed E-state index contributed by atoms with van der Waals surface area (Å²) in [4.78, 5) is 53.9. The van der Waals surface area contributed by atoms with Crippen molar-refractivity contribution in [1.82, 2.24) is 14.0 Å². The molecule has 1 aromatic heterocycles. The van der Waals surface area contributed by atoms with Gasteiger partial charge in [-0.25, -0.2) is 18.4 Å². The molecule has 5 rings (SSSR count). The van der Waals surface area contributed by atoms with Crippen molar-refractivity contribution in [2.24, 2.45) is 0 Å². The number of nitrogens with zero attached hydrogens (tertiary/aromatic N) is 4. The fourth-order valence-corrected chi connectivity index (χ4v) is 5.48.